The molecule has 1 heterocycles. The molecule has 1 amide bonds. The summed E-state index contributed by atoms with van der Waals surface area (Å²) in [5.41, 5.74) is 0.837. The minimum absolute atomic E-state index is 0.0523. The number of carbonyl (C=O) groups excluding carboxylic acids is 2. The van der Waals surface area contributed by atoms with Gasteiger partial charge in [-0.05, 0) is 36.5 Å². The van der Waals surface area contributed by atoms with Crippen molar-refractivity contribution in [3.05, 3.63) is 23.8 Å². The first kappa shape index (κ1) is 20.1. The van der Waals surface area contributed by atoms with Crippen molar-refractivity contribution in [2.24, 2.45) is 5.92 Å². The summed E-state index contributed by atoms with van der Waals surface area (Å²) in [6, 6.07) is 5.59. The molecule has 6 nitrogen and oxygen atoms in total. The van der Waals surface area contributed by atoms with E-state index in [9.17, 15) is 9.59 Å². The summed E-state index contributed by atoms with van der Waals surface area (Å²) in [6.45, 7) is 7.24. The molecule has 1 atom stereocenters. The average molecular weight is 363 g/mol. The van der Waals surface area contributed by atoms with Crippen LogP contribution in [0.3, 0.4) is 0 Å². The fourth-order valence-corrected chi connectivity index (χ4v) is 3.14. The van der Waals surface area contributed by atoms with Gasteiger partial charge in [0.15, 0.2) is 6.61 Å². The molecule has 0 N–H and O–H groups in total. The fraction of sp³-hybridized carbons (Fsp3) is 0.600. The normalized spacial score (nSPS) is 17.6. The van der Waals surface area contributed by atoms with Gasteiger partial charge in [0.1, 0.15) is 11.5 Å². The molecule has 0 saturated carbocycles. The van der Waals surface area contributed by atoms with Crippen LogP contribution in [0.15, 0.2) is 18.2 Å². The van der Waals surface area contributed by atoms with E-state index in [4.69, 9.17) is 14.2 Å². The molecular formula is C20H29NO5. The van der Waals surface area contributed by atoms with Gasteiger partial charge >= 0.3 is 5.97 Å². The summed E-state index contributed by atoms with van der Waals surface area (Å²) in [7, 11) is 3.00. The first-order chi connectivity index (χ1) is 12.3. The number of hydrogen-bond acceptors (Lipinski definition) is 5. The highest BCUT2D eigenvalue weighted by molar-refractivity contribution is 5.79. The Labute approximate surface area is 155 Å². The molecule has 1 aliphatic heterocycles. The third-order valence-corrected chi connectivity index (χ3v) is 4.65. The van der Waals surface area contributed by atoms with E-state index in [2.05, 4.69) is 20.8 Å². The van der Waals surface area contributed by atoms with E-state index in [0.29, 0.717) is 18.8 Å². The van der Waals surface area contributed by atoms with Crippen LogP contribution in [0.1, 0.15) is 39.2 Å². The second-order valence-electron chi connectivity index (χ2n) is 7.60. The number of benzene rings is 1. The number of methoxy groups -OCH3 is 2. The SMILES string of the molecule is COC(=O)C1CCCN(C(=O)COc2ccc(OC)cc2C(C)(C)C)C1. The van der Waals surface area contributed by atoms with Gasteiger partial charge < -0.3 is 19.1 Å². The van der Waals surface area contributed by atoms with Gasteiger partial charge in [0.05, 0.1) is 20.1 Å². The Balaban J connectivity index is 2.04. The molecule has 1 unspecified atom stereocenters. The van der Waals surface area contributed by atoms with Crippen molar-refractivity contribution in [2.45, 2.75) is 39.0 Å². The number of esters is 1. The Kier molecular flexibility index (Phi) is 6.51. The van der Waals surface area contributed by atoms with E-state index in [-0.39, 0.29) is 29.8 Å². The third kappa shape index (κ3) is 4.90. The van der Waals surface area contributed by atoms with Crippen LogP contribution in [0.25, 0.3) is 0 Å². The van der Waals surface area contributed by atoms with E-state index in [1.54, 1.807) is 12.0 Å². The minimum atomic E-state index is -0.256. The van der Waals surface area contributed by atoms with Crippen LogP contribution >= 0.6 is 0 Å². The Morgan fingerprint density at radius 2 is 1.96 bits per heavy atom. The molecule has 0 bridgehead atoms. The molecule has 1 saturated heterocycles. The molecule has 6 heteroatoms. The quantitative estimate of drug-likeness (QED) is 0.753. The second-order valence-corrected chi connectivity index (χ2v) is 7.60. The molecule has 144 valence electrons. The minimum Gasteiger partial charge on any atom is -0.497 e. The predicted molar refractivity (Wildman–Crippen MR) is 98.5 cm³/mol. The first-order valence-corrected chi connectivity index (χ1v) is 8.93. The topological polar surface area (TPSA) is 65.1 Å². The van der Waals surface area contributed by atoms with Gasteiger partial charge in [-0.25, -0.2) is 0 Å². The van der Waals surface area contributed by atoms with Crippen LogP contribution in [0.2, 0.25) is 0 Å². The molecule has 26 heavy (non-hydrogen) atoms. The van der Waals surface area contributed by atoms with Crippen molar-refractivity contribution in [3.8, 4) is 11.5 Å². The number of likely N-dealkylation sites (tertiary alicyclic amines) is 1. The van der Waals surface area contributed by atoms with E-state index < -0.39 is 0 Å². The van der Waals surface area contributed by atoms with Crippen LogP contribution < -0.4 is 9.47 Å². The van der Waals surface area contributed by atoms with Crippen LogP contribution in [0.5, 0.6) is 11.5 Å². The van der Waals surface area contributed by atoms with Crippen molar-refractivity contribution in [3.63, 3.8) is 0 Å². The smallest absolute Gasteiger partial charge is 0.310 e. The Hall–Kier alpha value is -2.24. The third-order valence-electron chi connectivity index (χ3n) is 4.65. The molecule has 1 fully saturated rings. The van der Waals surface area contributed by atoms with Gasteiger partial charge in [-0.2, -0.15) is 0 Å². The molecule has 0 spiro atoms. The predicted octanol–water partition coefficient (Wildman–Crippen LogP) is 2.78. The van der Waals surface area contributed by atoms with Crippen LogP contribution in [0, 0.1) is 5.92 Å². The lowest BCUT2D eigenvalue weighted by molar-refractivity contribution is -0.149. The molecule has 1 aliphatic rings. The van der Waals surface area contributed by atoms with Crippen molar-refractivity contribution >= 4 is 11.9 Å². The number of hydrogen-bond donors (Lipinski definition) is 0. The molecule has 2 rings (SSSR count). The Morgan fingerprint density at radius 1 is 1.23 bits per heavy atom. The summed E-state index contributed by atoms with van der Waals surface area (Å²) in [5.74, 6) is 0.811. The number of nitrogens with zero attached hydrogens (tertiary/aromatic N) is 1. The lowest BCUT2D eigenvalue weighted by atomic mass is 9.86. The average Bonchev–Trinajstić information content (AvgIpc) is 2.64. The summed E-state index contributed by atoms with van der Waals surface area (Å²) < 4.78 is 15.9. The number of ether oxygens (including phenoxy) is 3. The summed E-state index contributed by atoms with van der Waals surface area (Å²) in [4.78, 5) is 25.9. The van der Waals surface area contributed by atoms with Crippen molar-refractivity contribution in [2.75, 3.05) is 33.9 Å². The van der Waals surface area contributed by atoms with Crippen LogP contribution in [-0.4, -0.2) is 50.7 Å². The highest BCUT2D eigenvalue weighted by atomic mass is 16.5. The second kappa shape index (κ2) is 8.43. The highest BCUT2D eigenvalue weighted by Gasteiger charge is 2.29. The number of amides is 1. The standard InChI is InChI=1S/C20H29NO5/c1-20(2,3)16-11-15(24-4)8-9-17(16)26-13-18(22)21-10-6-7-14(12-21)19(23)25-5/h8-9,11,14H,6-7,10,12-13H2,1-5H3. The lowest BCUT2D eigenvalue weighted by Crippen LogP contribution is -2.44. The van der Waals surface area contributed by atoms with Gasteiger partial charge in [0, 0.05) is 18.7 Å². The van der Waals surface area contributed by atoms with Gasteiger partial charge in [0.2, 0.25) is 0 Å². The zero-order chi connectivity index (χ0) is 19.3. The molecule has 1 aromatic carbocycles. The molecule has 0 radical (unpaired) electrons. The van der Waals surface area contributed by atoms with Gasteiger partial charge in [-0.1, -0.05) is 20.8 Å². The first-order valence-electron chi connectivity index (χ1n) is 8.93. The van der Waals surface area contributed by atoms with Gasteiger partial charge in [-0.15, -0.1) is 0 Å². The largest absolute Gasteiger partial charge is 0.497 e. The van der Waals surface area contributed by atoms with Gasteiger partial charge in [0.25, 0.3) is 5.91 Å². The molecule has 0 aromatic heterocycles. The molecule has 0 aliphatic carbocycles. The fourth-order valence-electron chi connectivity index (χ4n) is 3.14. The zero-order valence-corrected chi connectivity index (χ0v) is 16.3. The van der Waals surface area contributed by atoms with E-state index >= 15 is 0 Å². The van der Waals surface area contributed by atoms with E-state index in [1.807, 2.05) is 18.2 Å². The monoisotopic (exact) mass is 363 g/mol. The van der Waals surface area contributed by atoms with E-state index in [0.717, 1.165) is 24.2 Å². The van der Waals surface area contributed by atoms with Crippen molar-refractivity contribution in [1.82, 2.24) is 4.90 Å². The van der Waals surface area contributed by atoms with Crippen LogP contribution in [-0.2, 0) is 19.7 Å². The number of piperidine rings is 1. The summed E-state index contributed by atoms with van der Waals surface area (Å²) >= 11 is 0. The number of carbonyl (C=O) groups is 2. The maximum absolute atomic E-state index is 12.5. The summed E-state index contributed by atoms with van der Waals surface area (Å²) in [6.07, 6.45) is 1.55. The highest BCUT2D eigenvalue weighted by Crippen LogP contribution is 2.34. The van der Waals surface area contributed by atoms with Crippen molar-refractivity contribution in [1.29, 1.82) is 0 Å². The van der Waals surface area contributed by atoms with Crippen LogP contribution in [0.4, 0.5) is 0 Å². The van der Waals surface area contributed by atoms with Gasteiger partial charge in [-0.3, -0.25) is 9.59 Å². The zero-order valence-electron chi connectivity index (χ0n) is 16.3. The Morgan fingerprint density at radius 3 is 2.58 bits per heavy atom. The van der Waals surface area contributed by atoms with Crippen molar-refractivity contribution < 1.29 is 23.8 Å². The Bertz CT molecular complexity index is 650. The number of rotatable bonds is 5. The molecule has 1 aromatic rings. The lowest BCUT2D eigenvalue weighted by Gasteiger charge is -2.31. The maximum atomic E-state index is 12.5. The van der Waals surface area contributed by atoms with E-state index in [1.165, 1.54) is 7.11 Å². The molecular weight excluding hydrogens is 334 g/mol. The summed E-state index contributed by atoms with van der Waals surface area (Å²) in [5, 5.41) is 0. The maximum Gasteiger partial charge on any atom is 0.310 e.